The summed E-state index contributed by atoms with van der Waals surface area (Å²) in [5.41, 5.74) is 6.67. The first kappa shape index (κ1) is 23.5. The number of unbranched alkanes of at least 4 members (excludes halogenated alkanes) is 3. The molecule has 32 heavy (non-hydrogen) atoms. The number of pyridine rings is 1. The van der Waals surface area contributed by atoms with Crippen LogP contribution in [0.15, 0.2) is 48.8 Å². The number of nitrogens with one attached hydrogen (secondary N) is 2. The second-order valence-corrected chi connectivity index (χ2v) is 7.94. The zero-order valence-electron chi connectivity index (χ0n) is 18.8. The Hall–Kier alpha value is -3.13. The second kappa shape index (κ2) is 12.7. The van der Waals surface area contributed by atoms with Crippen LogP contribution in [0.5, 0.6) is 5.75 Å². The summed E-state index contributed by atoms with van der Waals surface area (Å²) in [6.07, 6.45) is 8.18. The molecule has 2 aromatic rings. The number of hydrogen-bond donors (Lipinski definition) is 2. The Morgan fingerprint density at radius 2 is 1.66 bits per heavy atom. The number of rotatable bonds is 9. The molecule has 0 atom stereocenters. The largest absolute Gasteiger partial charge is 0.494 e. The summed E-state index contributed by atoms with van der Waals surface area (Å²) in [5, 5.41) is 0. The van der Waals surface area contributed by atoms with Gasteiger partial charge in [-0.15, -0.1) is 0 Å². The van der Waals surface area contributed by atoms with Crippen molar-refractivity contribution < 1.29 is 14.3 Å². The lowest BCUT2D eigenvalue weighted by atomic mass is 10.2. The third kappa shape index (κ3) is 7.53. The number of benzene rings is 1. The first-order chi connectivity index (χ1) is 15.7. The predicted molar refractivity (Wildman–Crippen MR) is 123 cm³/mol. The number of amides is 3. The number of aromatic nitrogens is 1. The van der Waals surface area contributed by atoms with Gasteiger partial charge in [0.05, 0.1) is 6.61 Å². The van der Waals surface area contributed by atoms with Gasteiger partial charge in [-0.05, 0) is 48.4 Å². The fourth-order valence-corrected chi connectivity index (χ4v) is 3.54. The van der Waals surface area contributed by atoms with Crippen LogP contribution in [0.2, 0.25) is 0 Å². The van der Waals surface area contributed by atoms with Gasteiger partial charge in [0.25, 0.3) is 5.91 Å². The van der Waals surface area contributed by atoms with E-state index in [0.29, 0.717) is 25.3 Å². The lowest BCUT2D eigenvalue weighted by Gasteiger charge is -2.34. The van der Waals surface area contributed by atoms with Crippen LogP contribution < -0.4 is 15.6 Å². The second-order valence-electron chi connectivity index (χ2n) is 7.94. The van der Waals surface area contributed by atoms with E-state index in [0.717, 1.165) is 38.2 Å². The van der Waals surface area contributed by atoms with Crippen LogP contribution in [0.4, 0.5) is 4.79 Å². The van der Waals surface area contributed by atoms with E-state index in [4.69, 9.17) is 4.74 Å². The summed E-state index contributed by atoms with van der Waals surface area (Å²) in [7, 11) is 0. The summed E-state index contributed by atoms with van der Waals surface area (Å²) in [4.78, 5) is 32.8. The van der Waals surface area contributed by atoms with Gasteiger partial charge in [0.15, 0.2) is 0 Å². The zero-order valence-corrected chi connectivity index (χ0v) is 18.8. The van der Waals surface area contributed by atoms with Gasteiger partial charge in [0, 0.05) is 50.7 Å². The van der Waals surface area contributed by atoms with E-state index in [1.54, 1.807) is 41.6 Å². The maximum Gasteiger partial charge on any atom is 0.336 e. The number of nitrogens with zero attached hydrogens (tertiary/aromatic N) is 3. The van der Waals surface area contributed by atoms with E-state index >= 15 is 0 Å². The molecule has 0 aliphatic carbocycles. The van der Waals surface area contributed by atoms with E-state index in [1.165, 1.54) is 18.4 Å². The van der Waals surface area contributed by atoms with Crippen molar-refractivity contribution >= 4 is 11.9 Å². The van der Waals surface area contributed by atoms with Crippen molar-refractivity contribution in [2.24, 2.45) is 0 Å². The van der Waals surface area contributed by atoms with Crippen LogP contribution in [-0.4, -0.2) is 59.5 Å². The summed E-state index contributed by atoms with van der Waals surface area (Å²) in [6.45, 7) is 6.48. The molecule has 2 N–H and O–H groups in total. The molecule has 172 valence electrons. The molecule has 8 nitrogen and oxygen atoms in total. The molecule has 8 heteroatoms. The van der Waals surface area contributed by atoms with Crippen molar-refractivity contribution in [2.45, 2.75) is 39.2 Å². The van der Waals surface area contributed by atoms with Gasteiger partial charge in [-0.3, -0.25) is 20.1 Å². The highest BCUT2D eigenvalue weighted by molar-refractivity contribution is 5.95. The van der Waals surface area contributed by atoms with Crippen molar-refractivity contribution in [3.05, 3.63) is 59.9 Å². The molecule has 1 aromatic heterocycles. The first-order valence-corrected chi connectivity index (χ1v) is 11.3. The number of carbonyl (C=O) groups is 2. The lowest BCUT2D eigenvalue weighted by molar-refractivity contribution is 0.0919. The van der Waals surface area contributed by atoms with Crippen LogP contribution in [-0.2, 0) is 6.54 Å². The summed E-state index contributed by atoms with van der Waals surface area (Å²) in [6, 6.07) is 10.6. The van der Waals surface area contributed by atoms with E-state index in [9.17, 15) is 9.59 Å². The Labute approximate surface area is 189 Å². The standard InChI is InChI=1S/C24H33N5O3/c1-2-3-4-5-18-32-22-8-6-21(7-9-22)23(30)26-27-24(31)29-16-14-28(15-17-29)19-20-10-12-25-13-11-20/h6-13H,2-5,14-19H2,1H3,(H,26,30)(H,27,31). The maximum atomic E-state index is 12.4. The normalized spacial score (nSPS) is 14.1. The Balaban J connectivity index is 1.35. The SMILES string of the molecule is CCCCCCOc1ccc(C(=O)NNC(=O)N2CCN(Cc3ccncc3)CC2)cc1. The maximum absolute atomic E-state index is 12.4. The molecule has 3 rings (SSSR count). The van der Waals surface area contributed by atoms with Gasteiger partial charge in [-0.2, -0.15) is 0 Å². The fraction of sp³-hybridized carbons (Fsp3) is 0.458. The van der Waals surface area contributed by atoms with Crippen LogP contribution in [0, 0.1) is 0 Å². The third-order valence-electron chi connectivity index (χ3n) is 5.48. The van der Waals surface area contributed by atoms with Crippen molar-refractivity contribution in [2.75, 3.05) is 32.8 Å². The molecule has 1 aliphatic heterocycles. The highest BCUT2D eigenvalue weighted by atomic mass is 16.5. The molecular weight excluding hydrogens is 406 g/mol. The fourth-order valence-electron chi connectivity index (χ4n) is 3.54. The number of hydrazine groups is 1. The van der Waals surface area contributed by atoms with Crippen LogP contribution >= 0.6 is 0 Å². The average Bonchev–Trinajstić information content (AvgIpc) is 2.84. The lowest BCUT2D eigenvalue weighted by Crippen LogP contribution is -2.55. The zero-order chi connectivity index (χ0) is 22.6. The van der Waals surface area contributed by atoms with Crippen LogP contribution in [0.25, 0.3) is 0 Å². The first-order valence-electron chi connectivity index (χ1n) is 11.3. The smallest absolute Gasteiger partial charge is 0.336 e. The monoisotopic (exact) mass is 439 g/mol. The van der Waals surface area contributed by atoms with Gasteiger partial charge in [-0.1, -0.05) is 26.2 Å². The average molecular weight is 440 g/mol. The molecule has 0 spiro atoms. The number of piperazine rings is 1. The molecule has 0 saturated carbocycles. The highest BCUT2D eigenvalue weighted by Gasteiger charge is 2.21. The summed E-state index contributed by atoms with van der Waals surface area (Å²) >= 11 is 0. The predicted octanol–water partition coefficient (Wildman–Crippen LogP) is 3.21. The molecule has 2 heterocycles. The van der Waals surface area contributed by atoms with E-state index < -0.39 is 0 Å². The minimum atomic E-state index is -0.357. The molecule has 0 radical (unpaired) electrons. The van der Waals surface area contributed by atoms with Gasteiger partial charge in [-0.25, -0.2) is 10.2 Å². The van der Waals surface area contributed by atoms with Crippen molar-refractivity contribution in [3.63, 3.8) is 0 Å². The van der Waals surface area contributed by atoms with Crippen molar-refractivity contribution in [1.82, 2.24) is 25.6 Å². The number of ether oxygens (including phenoxy) is 1. The number of urea groups is 1. The molecule has 0 bridgehead atoms. The Morgan fingerprint density at radius 3 is 2.34 bits per heavy atom. The third-order valence-corrected chi connectivity index (χ3v) is 5.48. The minimum Gasteiger partial charge on any atom is -0.494 e. The van der Waals surface area contributed by atoms with Gasteiger partial charge < -0.3 is 9.64 Å². The summed E-state index contributed by atoms with van der Waals surface area (Å²) in [5.74, 6) is 0.385. The molecule has 1 aliphatic rings. The van der Waals surface area contributed by atoms with Gasteiger partial charge >= 0.3 is 6.03 Å². The Morgan fingerprint density at radius 1 is 0.938 bits per heavy atom. The molecule has 1 fully saturated rings. The quantitative estimate of drug-likeness (QED) is 0.463. The summed E-state index contributed by atoms with van der Waals surface area (Å²) < 4.78 is 5.70. The molecule has 1 aromatic carbocycles. The van der Waals surface area contributed by atoms with Gasteiger partial charge in [0.2, 0.25) is 0 Å². The molecule has 1 saturated heterocycles. The highest BCUT2D eigenvalue weighted by Crippen LogP contribution is 2.13. The topological polar surface area (TPSA) is 86.8 Å². The van der Waals surface area contributed by atoms with Crippen LogP contribution in [0.3, 0.4) is 0 Å². The number of carbonyl (C=O) groups excluding carboxylic acids is 2. The van der Waals surface area contributed by atoms with E-state index in [1.807, 2.05) is 12.1 Å². The van der Waals surface area contributed by atoms with E-state index in [2.05, 4.69) is 27.7 Å². The molecule has 0 unspecified atom stereocenters. The Bertz CT molecular complexity index is 836. The molecule has 3 amide bonds. The Kier molecular flexibility index (Phi) is 9.31. The van der Waals surface area contributed by atoms with E-state index in [-0.39, 0.29) is 11.9 Å². The molecular formula is C24H33N5O3. The number of hydrogen-bond acceptors (Lipinski definition) is 5. The minimum absolute atomic E-state index is 0.297. The van der Waals surface area contributed by atoms with Crippen molar-refractivity contribution in [3.8, 4) is 5.75 Å². The van der Waals surface area contributed by atoms with Crippen molar-refractivity contribution in [1.29, 1.82) is 0 Å². The van der Waals surface area contributed by atoms with Crippen LogP contribution in [0.1, 0.15) is 48.5 Å². The van der Waals surface area contributed by atoms with Gasteiger partial charge in [0.1, 0.15) is 5.75 Å².